The molecule has 230 valence electrons. The number of pyridine rings is 1. The van der Waals surface area contributed by atoms with Gasteiger partial charge < -0.3 is 10.1 Å². The van der Waals surface area contributed by atoms with Gasteiger partial charge in [-0.15, -0.1) is 0 Å². The lowest BCUT2D eigenvalue weighted by Crippen LogP contribution is -2.30. The molecule has 0 aliphatic carbocycles. The zero-order valence-corrected chi connectivity index (χ0v) is 26.5. The molecule has 2 atom stereocenters. The predicted octanol–water partition coefficient (Wildman–Crippen LogP) is 9.05. The number of nitrogens with zero attached hydrogens (tertiary/aromatic N) is 2. The quantitative estimate of drug-likeness (QED) is 0.259. The van der Waals surface area contributed by atoms with Crippen LogP contribution in [0, 0.1) is 11.3 Å². The van der Waals surface area contributed by atoms with E-state index in [0.717, 1.165) is 23.6 Å². The number of halogens is 4. The Labute approximate surface area is 254 Å². The molecule has 42 heavy (non-hydrogen) atoms. The van der Waals surface area contributed by atoms with Crippen LogP contribution in [0.2, 0.25) is 5.02 Å². The summed E-state index contributed by atoms with van der Waals surface area (Å²) in [6.07, 6.45) is -1.05. The second-order valence-electron chi connectivity index (χ2n) is 9.67. The highest BCUT2D eigenvalue weighted by Crippen LogP contribution is 2.29. The third-order valence-electron chi connectivity index (χ3n) is 5.59. The van der Waals surface area contributed by atoms with Gasteiger partial charge >= 0.3 is 6.18 Å². The normalized spacial score (nSPS) is 12.0. The van der Waals surface area contributed by atoms with E-state index in [0.29, 0.717) is 30.0 Å². The summed E-state index contributed by atoms with van der Waals surface area (Å²) in [6.45, 7) is 13.4. The molecule has 2 aromatic carbocycles. The summed E-state index contributed by atoms with van der Waals surface area (Å²) in [5.74, 6) is 0.287. The number of aromatic nitrogens is 1. The second-order valence-corrected chi connectivity index (χ2v) is 10.1. The highest BCUT2D eigenvalue weighted by Gasteiger charge is 2.31. The average Bonchev–Trinajstić information content (AvgIpc) is 2.98. The summed E-state index contributed by atoms with van der Waals surface area (Å²) < 4.78 is 41.6. The molecule has 1 aromatic heterocycles. The van der Waals surface area contributed by atoms with Crippen molar-refractivity contribution in [2.45, 2.75) is 85.0 Å². The summed E-state index contributed by atoms with van der Waals surface area (Å²) >= 11 is 5.95. The van der Waals surface area contributed by atoms with Crippen molar-refractivity contribution in [2.75, 3.05) is 7.05 Å². The molecule has 0 spiro atoms. The van der Waals surface area contributed by atoms with Gasteiger partial charge in [-0.3, -0.25) is 4.79 Å². The summed E-state index contributed by atoms with van der Waals surface area (Å²) in [4.78, 5) is 14.0. The van der Waals surface area contributed by atoms with Gasteiger partial charge in [-0.25, -0.2) is 4.98 Å². The van der Waals surface area contributed by atoms with Crippen LogP contribution in [-0.4, -0.2) is 30.0 Å². The lowest BCUT2D eigenvalue weighted by Gasteiger charge is -2.24. The first-order chi connectivity index (χ1) is 19.8. The van der Waals surface area contributed by atoms with E-state index >= 15 is 0 Å². The van der Waals surface area contributed by atoms with Gasteiger partial charge in [0.25, 0.3) is 0 Å². The minimum Gasteiger partial charge on any atom is -0.464 e. The zero-order valence-electron chi connectivity index (χ0n) is 25.7. The van der Waals surface area contributed by atoms with Gasteiger partial charge in [0.15, 0.2) is 11.9 Å². The topological polar surface area (TPSA) is 75.0 Å². The highest BCUT2D eigenvalue weighted by molar-refractivity contribution is 6.30. The highest BCUT2D eigenvalue weighted by atomic mass is 35.5. The molecule has 0 fully saturated rings. The summed E-state index contributed by atoms with van der Waals surface area (Å²) in [5.41, 5.74) is 1.17. The minimum atomic E-state index is -4.42. The van der Waals surface area contributed by atoms with E-state index in [1.807, 2.05) is 51.2 Å². The minimum absolute atomic E-state index is 0.0231. The molecular weight excluding hydrogens is 563 g/mol. The largest absolute Gasteiger partial charge is 0.464 e. The molecule has 0 aliphatic rings. The summed E-state index contributed by atoms with van der Waals surface area (Å²) in [5, 5.41) is 13.2. The fourth-order valence-electron chi connectivity index (χ4n) is 3.40. The van der Waals surface area contributed by atoms with Gasteiger partial charge in [0.05, 0.1) is 17.2 Å². The Morgan fingerprint density at radius 1 is 1.07 bits per heavy atom. The van der Waals surface area contributed by atoms with Gasteiger partial charge in [0.2, 0.25) is 5.88 Å². The number of nitrogens with one attached hydrogen (secondary N) is 1. The number of carbonyl (C=O) groups excluding carboxylic acids is 1. The Hall–Kier alpha value is -3.41. The zero-order chi connectivity index (χ0) is 32.3. The molecule has 0 aliphatic heterocycles. The fourth-order valence-corrected chi connectivity index (χ4v) is 3.53. The Kier molecular flexibility index (Phi) is 18.1. The van der Waals surface area contributed by atoms with E-state index in [9.17, 15) is 18.0 Å². The number of aldehydes is 1. The standard InChI is InChI=1S/C18H19ClN2.C10H10F3NO2.C3H8.C2H6/c1-13(21-2)18(11-14-6-8-17(19)9-7-14)16-5-3-4-15(10-16)12-20;1-9(2,6-15)16-8-4-3-7(5-14-8)10(11,12)13;1-3-2;1-2/h3-10,13,18,21H,11H2,1-2H3;3-6H,1-2H3;3H2,1-2H3;1-2H3. The number of hydrogen-bond acceptors (Lipinski definition) is 5. The van der Waals surface area contributed by atoms with Crippen molar-refractivity contribution < 1.29 is 22.7 Å². The van der Waals surface area contributed by atoms with Crippen LogP contribution in [0.5, 0.6) is 5.88 Å². The van der Waals surface area contributed by atoms with Crippen LogP contribution in [0.25, 0.3) is 0 Å². The fraction of sp³-hybridized carbons (Fsp3) is 0.424. The number of hydrogen-bond donors (Lipinski definition) is 1. The Balaban J connectivity index is 0.000000713. The molecule has 0 saturated heterocycles. The third-order valence-corrected chi connectivity index (χ3v) is 5.84. The number of alkyl halides is 3. The summed E-state index contributed by atoms with van der Waals surface area (Å²) in [6, 6.07) is 20.3. The lowest BCUT2D eigenvalue weighted by molar-refractivity contribution is -0.138. The molecule has 3 rings (SSSR count). The van der Waals surface area contributed by atoms with E-state index in [1.54, 1.807) is 0 Å². The second kappa shape index (κ2) is 19.7. The smallest absolute Gasteiger partial charge is 0.417 e. The molecule has 2 unspecified atom stereocenters. The maximum atomic E-state index is 12.2. The average molecular weight is 606 g/mol. The maximum Gasteiger partial charge on any atom is 0.417 e. The molecule has 0 amide bonds. The van der Waals surface area contributed by atoms with Crippen LogP contribution in [0.1, 0.15) is 83.1 Å². The maximum absolute atomic E-state index is 12.2. The van der Waals surface area contributed by atoms with Crippen molar-refractivity contribution >= 4 is 17.9 Å². The number of likely N-dealkylation sites (N-methyl/N-ethyl adjacent to an activating group) is 1. The van der Waals surface area contributed by atoms with Crippen LogP contribution < -0.4 is 10.1 Å². The third kappa shape index (κ3) is 14.5. The van der Waals surface area contributed by atoms with Crippen LogP contribution >= 0.6 is 11.6 Å². The first kappa shape index (κ1) is 38.6. The molecule has 9 heteroatoms. The van der Waals surface area contributed by atoms with Gasteiger partial charge in [-0.1, -0.05) is 70.0 Å². The van der Waals surface area contributed by atoms with Gasteiger partial charge in [-0.2, -0.15) is 18.4 Å². The Morgan fingerprint density at radius 2 is 1.67 bits per heavy atom. The first-order valence-corrected chi connectivity index (χ1v) is 14.3. The Bertz CT molecular complexity index is 1210. The number of benzene rings is 2. The molecule has 5 nitrogen and oxygen atoms in total. The number of rotatable bonds is 8. The number of nitriles is 1. The van der Waals surface area contributed by atoms with Crippen molar-refractivity contribution in [1.29, 1.82) is 5.26 Å². The number of carbonyl (C=O) groups is 1. The molecule has 0 saturated carbocycles. The van der Waals surface area contributed by atoms with E-state index < -0.39 is 17.3 Å². The van der Waals surface area contributed by atoms with E-state index in [-0.39, 0.29) is 5.88 Å². The van der Waals surface area contributed by atoms with Crippen molar-refractivity contribution in [1.82, 2.24) is 10.3 Å². The van der Waals surface area contributed by atoms with Crippen LogP contribution in [0.15, 0.2) is 66.9 Å². The SMILES string of the molecule is CC.CC(C)(C=O)Oc1ccc(C(F)(F)F)cn1.CCC.CNC(C)C(Cc1ccc(Cl)cc1)c1cccc(C#N)c1. The van der Waals surface area contributed by atoms with Crippen LogP contribution in [0.4, 0.5) is 13.2 Å². The van der Waals surface area contributed by atoms with Crippen molar-refractivity contribution in [3.8, 4) is 11.9 Å². The number of ether oxygens (including phenoxy) is 1. The molecule has 1 N–H and O–H groups in total. The molecule has 1 heterocycles. The summed E-state index contributed by atoms with van der Waals surface area (Å²) in [7, 11) is 1.97. The predicted molar refractivity (Wildman–Crippen MR) is 165 cm³/mol. The van der Waals surface area contributed by atoms with Gasteiger partial charge in [-0.05, 0) is 75.7 Å². The van der Waals surface area contributed by atoms with Crippen LogP contribution in [0.3, 0.4) is 0 Å². The lowest BCUT2D eigenvalue weighted by atomic mass is 9.86. The molecule has 0 bridgehead atoms. The van der Waals surface area contributed by atoms with E-state index in [4.69, 9.17) is 21.6 Å². The van der Waals surface area contributed by atoms with Gasteiger partial charge in [0.1, 0.15) is 0 Å². The molecule has 3 aromatic rings. The van der Waals surface area contributed by atoms with Gasteiger partial charge in [0, 0.05) is 29.2 Å². The monoisotopic (exact) mass is 605 g/mol. The van der Waals surface area contributed by atoms with Crippen LogP contribution in [-0.2, 0) is 17.4 Å². The van der Waals surface area contributed by atoms with Crippen molar-refractivity contribution in [3.63, 3.8) is 0 Å². The Morgan fingerprint density at radius 3 is 2.12 bits per heavy atom. The van der Waals surface area contributed by atoms with Crippen molar-refractivity contribution in [3.05, 3.63) is 94.1 Å². The van der Waals surface area contributed by atoms with E-state index in [1.165, 1.54) is 31.4 Å². The van der Waals surface area contributed by atoms with Crippen molar-refractivity contribution in [2.24, 2.45) is 0 Å². The molecular formula is C33H43ClF3N3O2. The first-order valence-electron chi connectivity index (χ1n) is 13.9. The van der Waals surface area contributed by atoms with E-state index in [2.05, 4.69) is 55.3 Å². The molecule has 0 radical (unpaired) electrons.